The summed E-state index contributed by atoms with van der Waals surface area (Å²) in [5.41, 5.74) is -0.610. The molecule has 0 fully saturated rings. The van der Waals surface area contributed by atoms with Gasteiger partial charge in [-0.3, -0.25) is 0 Å². The SMILES string of the molecule is COC(=O)c1cc(I)nc(Br)c1C(F)F. The molecule has 1 aromatic rings. The summed E-state index contributed by atoms with van der Waals surface area (Å²) in [6, 6.07) is 1.26. The van der Waals surface area contributed by atoms with Crippen molar-refractivity contribution in [1.82, 2.24) is 4.98 Å². The molecule has 15 heavy (non-hydrogen) atoms. The van der Waals surface area contributed by atoms with Crippen molar-refractivity contribution in [3.63, 3.8) is 0 Å². The normalized spacial score (nSPS) is 10.5. The minimum absolute atomic E-state index is 0.0372. The second kappa shape index (κ2) is 5.15. The van der Waals surface area contributed by atoms with Gasteiger partial charge in [0.25, 0.3) is 6.43 Å². The highest BCUT2D eigenvalue weighted by Gasteiger charge is 2.23. The van der Waals surface area contributed by atoms with Crippen LogP contribution in [0.4, 0.5) is 8.78 Å². The molecule has 0 aliphatic rings. The van der Waals surface area contributed by atoms with E-state index in [4.69, 9.17) is 0 Å². The van der Waals surface area contributed by atoms with Gasteiger partial charge in [-0.25, -0.2) is 18.6 Å². The summed E-state index contributed by atoms with van der Waals surface area (Å²) in [4.78, 5) is 15.0. The number of hydrogen-bond acceptors (Lipinski definition) is 3. The van der Waals surface area contributed by atoms with Gasteiger partial charge in [0.15, 0.2) is 0 Å². The lowest BCUT2D eigenvalue weighted by Crippen LogP contribution is -2.08. The van der Waals surface area contributed by atoms with Gasteiger partial charge in [-0.2, -0.15) is 0 Å². The molecule has 0 atom stereocenters. The van der Waals surface area contributed by atoms with E-state index in [1.54, 1.807) is 0 Å². The lowest BCUT2D eigenvalue weighted by atomic mass is 10.1. The number of halogens is 4. The maximum atomic E-state index is 12.6. The molecule has 0 saturated heterocycles. The van der Waals surface area contributed by atoms with Crippen LogP contribution in [0.1, 0.15) is 22.3 Å². The Bertz CT molecular complexity index is 400. The molecule has 0 radical (unpaired) electrons. The van der Waals surface area contributed by atoms with Gasteiger partial charge in [0.05, 0.1) is 18.2 Å². The number of ether oxygens (including phenoxy) is 1. The van der Waals surface area contributed by atoms with Gasteiger partial charge < -0.3 is 4.74 Å². The summed E-state index contributed by atoms with van der Waals surface area (Å²) in [6.45, 7) is 0. The highest BCUT2D eigenvalue weighted by atomic mass is 127. The highest BCUT2D eigenvalue weighted by molar-refractivity contribution is 14.1. The fourth-order valence-corrected chi connectivity index (χ4v) is 2.44. The molecular formula is C8H5BrF2INO2. The number of hydrogen-bond donors (Lipinski definition) is 0. The van der Waals surface area contributed by atoms with Gasteiger partial charge in [0.1, 0.15) is 8.30 Å². The number of rotatable bonds is 2. The Morgan fingerprint density at radius 1 is 1.67 bits per heavy atom. The predicted molar refractivity (Wildman–Crippen MR) is 61.0 cm³/mol. The summed E-state index contributed by atoms with van der Waals surface area (Å²) >= 11 is 4.72. The topological polar surface area (TPSA) is 39.2 Å². The van der Waals surface area contributed by atoms with Crippen LogP contribution in [0.25, 0.3) is 0 Å². The van der Waals surface area contributed by atoms with E-state index in [2.05, 4.69) is 25.7 Å². The average Bonchev–Trinajstić information content (AvgIpc) is 2.14. The van der Waals surface area contributed by atoms with E-state index in [1.807, 2.05) is 22.6 Å². The van der Waals surface area contributed by atoms with Gasteiger partial charge in [-0.15, -0.1) is 0 Å². The third-order valence-electron chi connectivity index (χ3n) is 1.60. The number of carbonyl (C=O) groups is 1. The molecule has 0 N–H and O–H groups in total. The van der Waals surface area contributed by atoms with Crippen molar-refractivity contribution in [3.05, 3.63) is 25.5 Å². The van der Waals surface area contributed by atoms with E-state index < -0.39 is 18.0 Å². The molecule has 1 heterocycles. The van der Waals surface area contributed by atoms with Gasteiger partial charge in [0.2, 0.25) is 0 Å². The number of esters is 1. The third-order valence-corrected chi connectivity index (χ3v) is 2.76. The van der Waals surface area contributed by atoms with Crippen LogP contribution in [0.3, 0.4) is 0 Å². The van der Waals surface area contributed by atoms with Crippen LogP contribution >= 0.6 is 38.5 Å². The monoisotopic (exact) mass is 391 g/mol. The minimum atomic E-state index is -2.78. The molecule has 1 aromatic heterocycles. The van der Waals surface area contributed by atoms with Gasteiger partial charge >= 0.3 is 5.97 Å². The maximum Gasteiger partial charge on any atom is 0.338 e. The van der Waals surface area contributed by atoms with Gasteiger partial charge in [0, 0.05) is 0 Å². The van der Waals surface area contributed by atoms with Crippen LogP contribution in [0, 0.1) is 3.70 Å². The Morgan fingerprint density at radius 2 is 2.27 bits per heavy atom. The number of aromatic nitrogens is 1. The van der Waals surface area contributed by atoms with E-state index in [9.17, 15) is 13.6 Å². The first kappa shape index (κ1) is 12.8. The summed E-state index contributed by atoms with van der Waals surface area (Å²) in [5.74, 6) is -0.800. The molecule has 1 rings (SSSR count). The van der Waals surface area contributed by atoms with E-state index in [1.165, 1.54) is 6.07 Å². The summed E-state index contributed by atoms with van der Waals surface area (Å²) < 4.78 is 30.1. The van der Waals surface area contributed by atoms with Crippen molar-refractivity contribution < 1.29 is 18.3 Å². The van der Waals surface area contributed by atoms with Crippen LogP contribution in [0.15, 0.2) is 10.7 Å². The lowest BCUT2D eigenvalue weighted by molar-refractivity contribution is 0.0588. The molecule has 0 spiro atoms. The number of pyridine rings is 1. The van der Waals surface area contributed by atoms with Crippen molar-refractivity contribution >= 4 is 44.5 Å². The molecule has 0 aliphatic heterocycles. The number of methoxy groups -OCH3 is 1. The fraction of sp³-hybridized carbons (Fsp3) is 0.250. The third kappa shape index (κ3) is 2.83. The number of alkyl halides is 2. The lowest BCUT2D eigenvalue weighted by Gasteiger charge is -2.09. The zero-order valence-corrected chi connectivity index (χ0v) is 11.2. The Kier molecular flexibility index (Phi) is 4.38. The minimum Gasteiger partial charge on any atom is -0.465 e. The van der Waals surface area contributed by atoms with E-state index in [0.29, 0.717) is 3.70 Å². The molecule has 0 amide bonds. The number of nitrogens with zero attached hydrogens (tertiary/aromatic N) is 1. The molecule has 0 saturated carbocycles. The van der Waals surface area contributed by atoms with Crippen LogP contribution in [-0.4, -0.2) is 18.1 Å². The summed E-state index contributed by atoms with van der Waals surface area (Å²) in [6.07, 6.45) is -2.78. The average molecular weight is 392 g/mol. The predicted octanol–water partition coefficient (Wildman–Crippen LogP) is 3.17. The second-order valence-corrected chi connectivity index (χ2v) is 4.35. The van der Waals surface area contributed by atoms with E-state index in [0.717, 1.165) is 7.11 Å². The first-order valence-corrected chi connectivity index (χ1v) is 5.57. The largest absolute Gasteiger partial charge is 0.465 e. The first-order valence-electron chi connectivity index (χ1n) is 3.69. The molecule has 82 valence electrons. The Morgan fingerprint density at radius 3 is 2.73 bits per heavy atom. The highest BCUT2D eigenvalue weighted by Crippen LogP contribution is 2.30. The van der Waals surface area contributed by atoms with Crippen LogP contribution in [-0.2, 0) is 4.74 Å². The maximum absolute atomic E-state index is 12.6. The quantitative estimate of drug-likeness (QED) is 0.441. The second-order valence-electron chi connectivity index (χ2n) is 2.49. The first-order chi connectivity index (χ1) is 6.97. The standard InChI is InChI=1S/C8H5BrF2INO2/c1-15-8(14)3-2-4(12)13-6(9)5(3)7(10)11/h2,7H,1H3. The van der Waals surface area contributed by atoms with Crippen LogP contribution < -0.4 is 0 Å². The van der Waals surface area contributed by atoms with Crippen molar-refractivity contribution in [3.8, 4) is 0 Å². The zero-order chi connectivity index (χ0) is 11.6. The molecule has 7 heteroatoms. The molecule has 3 nitrogen and oxygen atoms in total. The number of carbonyl (C=O) groups excluding carboxylic acids is 1. The van der Waals surface area contributed by atoms with Crippen molar-refractivity contribution in [2.45, 2.75) is 6.43 Å². The van der Waals surface area contributed by atoms with Crippen molar-refractivity contribution in [2.75, 3.05) is 7.11 Å². The van der Waals surface area contributed by atoms with Crippen LogP contribution in [0.5, 0.6) is 0 Å². The smallest absolute Gasteiger partial charge is 0.338 e. The fourth-order valence-electron chi connectivity index (χ4n) is 0.981. The zero-order valence-electron chi connectivity index (χ0n) is 7.43. The summed E-state index contributed by atoms with van der Waals surface area (Å²) in [5, 5.41) is 0. The summed E-state index contributed by atoms with van der Waals surface area (Å²) in [7, 11) is 1.14. The van der Waals surface area contributed by atoms with Crippen molar-refractivity contribution in [1.29, 1.82) is 0 Å². The van der Waals surface area contributed by atoms with E-state index in [-0.39, 0.29) is 10.2 Å². The molecule has 0 aliphatic carbocycles. The molecule has 0 unspecified atom stereocenters. The van der Waals surface area contributed by atoms with Crippen molar-refractivity contribution in [2.24, 2.45) is 0 Å². The Balaban J connectivity index is 3.40. The van der Waals surface area contributed by atoms with Gasteiger partial charge in [-0.1, -0.05) is 0 Å². The van der Waals surface area contributed by atoms with E-state index >= 15 is 0 Å². The Hall–Kier alpha value is -0.310. The van der Waals surface area contributed by atoms with Gasteiger partial charge in [-0.05, 0) is 44.6 Å². The molecule has 0 aromatic carbocycles. The molecular weight excluding hydrogens is 387 g/mol. The Labute approximate surface area is 106 Å². The molecule has 0 bridgehead atoms. The van der Waals surface area contributed by atoms with Crippen LogP contribution in [0.2, 0.25) is 0 Å².